The van der Waals surface area contributed by atoms with E-state index < -0.39 is 18.3 Å². The Kier molecular flexibility index (Phi) is 1.14. The average molecular weight is 156 g/mol. The van der Waals surface area contributed by atoms with E-state index in [4.69, 9.17) is 9.84 Å². The van der Waals surface area contributed by atoms with Gasteiger partial charge in [-0.15, -0.1) is 0 Å². The molecule has 0 saturated carbocycles. The van der Waals surface area contributed by atoms with Gasteiger partial charge in [0.2, 0.25) is 0 Å². The Bertz CT molecular complexity index is 255. The highest BCUT2D eigenvalue weighted by atomic mass is 16.6. The van der Waals surface area contributed by atoms with E-state index in [2.05, 4.69) is 0 Å². The van der Waals surface area contributed by atoms with Gasteiger partial charge in [0, 0.05) is 5.57 Å². The van der Waals surface area contributed by atoms with E-state index in [1.54, 1.807) is 0 Å². The maximum absolute atomic E-state index is 11.1. The molecule has 1 aliphatic carbocycles. The standard InChI is InChI=1S/C7H8O4/c1-2-3(8)5(10)7-6(11-7)4(2)9/h5-8,10H,1H3/t5?,6-,7+/m1/s1. The van der Waals surface area contributed by atoms with Crippen molar-refractivity contribution in [3.05, 3.63) is 11.3 Å². The van der Waals surface area contributed by atoms with Crippen molar-refractivity contribution in [2.75, 3.05) is 0 Å². The van der Waals surface area contributed by atoms with Crippen LogP contribution in [-0.2, 0) is 9.53 Å². The van der Waals surface area contributed by atoms with Crippen LogP contribution in [0.4, 0.5) is 0 Å². The van der Waals surface area contributed by atoms with Gasteiger partial charge in [0.25, 0.3) is 0 Å². The Balaban J connectivity index is 2.39. The lowest BCUT2D eigenvalue weighted by molar-refractivity contribution is -0.117. The van der Waals surface area contributed by atoms with Crippen LogP contribution in [0.2, 0.25) is 0 Å². The van der Waals surface area contributed by atoms with Crippen LogP contribution < -0.4 is 0 Å². The second-order valence-corrected chi connectivity index (χ2v) is 2.84. The fourth-order valence-electron chi connectivity index (χ4n) is 1.29. The number of fused-ring (bicyclic) bond motifs is 1. The molecule has 2 aliphatic rings. The van der Waals surface area contributed by atoms with Gasteiger partial charge < -0.3 is 14.9 Å². The highest BCUT2D eigenvalue weighted by Crippen LogP contribution is 2.36. The van der Waals surface area contributed by atoms with E-state index in [0.717, 1.165) is 0 Å². The second-order valence-electron chi connectivity index (χ2n) is 2.84. The van der Waals surface area contributed by atoms with Gasteiger partial charge in [0.15, 0.2) is 5.78 Å². The summed E-state index contributed by atoms with van der Waals surface area (Å²) >= 11 is 0. The number of hydrogen-bond donors (Lipinski definition) is 2. The molecule has 2 N–H and O–H groups in total. The van der Waals surface area contributed by atoms with E-state index in [1.807, 2.05) is 0 Å². The minimum atomic E-state index is -1.00. The number of ether oxygens (including phenoxy) is 1. The molecular formula is C7H8O4. The summed E-state index contributed by atoms with van der Waals surface area (Å²) < 4.78 is 4.84. The van der Waals surface area contributed by atoms with Gasteiger partial charge in [-0.3, -0.25) is 4.79 Å². The summed E-state index contributed by atoms with van der Waals surface area (Å²) in [4.78, 5) is 11.1. The summed E-state index contributed by atoms with van der Waals surface area (Å²) in [6.45, 7) is 1.48. The summed E-state index contributed by atoms with van der Waals surface area (Å²) in [6, 6.07) is 0. The maximum atomic E-state index is 11.1. The number of hydrogen-bond acceptors (Lipinski definition) is 4. The lowest BCUT2D eigenvalue weighted by Gasteiger charge is -2.13. The van der Waals surface area contributed by atoms with Crippen molar-refractivity contribution in [3.8, 4) is 0 Å². The first kappa shape index (κ1) is 6.82. The average Bonchev–Trinajstić information content (AvgIpc) is 2.76. The zero-order valence-electron chi connectivity index (χ0n) is 5.94. The second kappa shape index (κ2) is 1.84. The molecule has 0 aromatic rings. The molecule has 1 saturated heterocycles. The quantitative estimate of drug-likeness (QED) is 0.465. The first-order valence-corrected chi connectivity index (χ1v) is 3.40. The largest absolute Gasteiger partial charge is 0.509 e. The number of aliphatic hydroxyl groups excluding tert-OH is 2. The molecule has 60 valence electrons. The summed E-state index contributed by atoms with van der Waals surface area (Å²) in [5.74, 6) is -0.452. The zero-order chi connectivity index (χ0) is 8.17. The molecule has 4 heteroatoms. The number of carbonyl (C=O) groups is 1. The van der Waals surface area contributed by atoms with Crippen molar-refractivity contribution in [1.82, 2.24) is 0 Å². The number of ketones is 1. The lowest BCUT2D eigenvalue weighted by Crippen LogP contribution is -2.30. The molecule has 1 heterocycles. The van der Waals surface area contributed by atoms with Gasteiger partial charge >= 0.3 is 0 Å². The first-order chi connectivity index (χ1) is 5.13. The Hall–Kier alpha value is -0.870. The van der Waals surface area contributed by atoms with Gasteiger partial charge in [-0.05, 0) is 6.92 Å². The van der Waals surface area contributed by atoms with Crippen LogP contribution in [0.3, 0.4) is 0 Å². The number of carbonyl (C=O) groups excluding carboxylic acids is 1. The SMILES string of the molecule is CC1=C(O)C(O)[C@@H]2O[C@@H]2C1=O. The molecule has 0 radical (unpaired) electrons. The van der Waals surface area contributed by atoms with Crippen LogP contribution in [-0.4, -0.2) is 34.3 Å². The third-order valence-electron chi connectivity index (χ3n) is 2.13. The normalized spacial score (nSPS) is 42.4. The third kappa shape index (κ3) is 0.735. The Morgan fingerprint density at radius 1 is 1.55 bits per heavy atom. The monoisotopic (exact) mass is 156 g/mol. The van der Waals surface area contributed by atoms with Crippen LogP contribution in [0, 0.1) is 0 Å². The lowest BCUT2D eigenvalue weighted by atomic mass is 9.96. The van der Waals surface area contributed by atoms with E-state index in [1.165, 1.54) is 6.92 Å². The minimum Gasteiger partial charge on any atom is -0.509 e. The maximum Gasteiger partial charge on any atom is 0.193 e. The summed E-state index contributed by atoms with van der Waals surface area (Å²) in [6.07, 6.45) is -2.00. The number of Topliss-reactive ketones (excluding diaryl/α,β-unsaturated/α-hetero) is 1. The Morgan fingerprint density at radius 3 is 2.82 bits per heavy atom. The molecule has 0 aromatic carbocycles. The van der Waals surface area contributed by atoms with E-state index in [0.29, 0.717) is 0 Å². The van der Waals surface area contributed by atoms with Crippen molar-refractivity contribution < 1.29 is 19.7 Å². The topological polar surface area (TPSA) is 70.1 Å². The van der Waals surface area contributed by atoms with E-state index in [9.17, 15) is 9.90 Å². The van der Waals surface area contributed by atoms with Crippen molar-refractivity contribution in [2.45, 2.75) is 25.2 Å². The van der Waals surface area contributed by atoms with Gasteiger partial charge in [-0.1, -0.05) is 0 Å². The fraction of sp³-hybridized carbons (Fsp3) is 0.571. The van der Waals surface area contributed by atoms with Crippen molar-refractivity contribution in [1.29, 1.82) is 0 Å². The van der Waals surface area contributed by atoms with Crippen molar-refractivity contribution in [3.63, 3.8) is 0 Å². The highest BCUT2D eigenvalue weighted by Gasteiger charge is 2.55. The van der Waals surface area contributed by atoms with Crippen molar-refractivity contribution in [2.24, 2.45) is 0 Å². The molecule has 4 nitrogen and oxygen atoms in total. The molecule has 0 aromatic heterocycles. The molecule has 2 rings (SSSR count). The molecule has 1 fully saturated rings. The minimum absolute atomic E-state index is 0.210. The molecule has 1 unspecified atom stereocenters. The molecule has 11 heavy (non-hydrogen) atoms. The summed E-state index contributed by atoms with van der Waals surface area (Å²) in [7, 11) is 0. The molecule has 0 bridgehead atoms. The van der Waals surface area contributed by atoms with Gasteiger partial charge in [-0.2, -0.15) is 0 Å². The van der Waals surface area contributed by atoms with E-state index in [-0.39, 0.29) is 17.1 Å². The third-order valence-corrected chi connectivity index (χ3v) is 2.13. The highest BCUT2D eigenvalue weighted by molar-refractivity contribution is 6.02. The van der Waals surface area contributed by atoms with Gasteiger partial charge in [-0.25, -0.2) is 0 Å². The first-order valence-electron chi connectivity index (χ1n) is 3.40. The van der Waals surface area contributed by atoms with E-state index >= 15 is 0 Å². The predicted octanol–water partition coefficient (Wildman–Crippen LogP) is -0.471. The zero-order valence-corrected chi connectivity index (χ0v) is 5.94. The summed E-state index contributed by atoms with van der Waals surface area (Å²) in [5.41, 5.74) is 0.219. The Morgan fingerprint density at radius 2 is 2.18 bits per heavy atom. The van der Waals surface area contributed by atoms with Crippen LogP contribution in [0.15, 0.2) is 11.3 Å². The smallest absolute Gasteiger partial charge is 0.193 e. The molecule has 3 atom stereocenters. The number of epoxide rings is 1. The molecular weight excluding hydrogens is 148 g/mol. The molecule has 0 amide bonds. The number of aliphatic hydroxyl groups is 2. The van der Waals surface area contributed by atoms with Crippen LogP contribution >= 0.6 is 0 Å². The van der Waals surface area contributed by atoms with Gasteiger partial charge in [0.05, 0.1) is 0 Å². The Labute approximate surface area is 63.1 Å². The predicted molar refractivity (Wildman–Crippen MR) is 35.0 cm³/mol. The number of rotatable bonds is 0. The summed E-state index contributed by atoms with van der Waals surface area (Å²) in [5, 5.41) is 18.3. The van der Waals surface area contributed by atoms with Crippen LogP contribution in [0.25, 0.3) is 0 Å². The molecule has 0 spiro atoms. The molecule has 1 aliphatic heterocycles. The fourth-order valence-corrected chi connectivity index (χ4v) is 1.29. The van der Waals surface area contributed by atoms with Crippen LogP contribution in [0.1, 0.15) is 6.92 Å². The van der Waals surface area contributed by atoms with Gasteiger partial charge in [0.1, 0.15) is 24.1 Å². The van der Waals surface area contributed by atoms with Crippen molar-refractivity contribution >= 4 is 5.78 Å². The van der Waals surface area contributed by atoms with Crippen LogP contribution in [0.5, 0.6) is 0 Å².